The number of aliphatic hydroxyl groups is 1. The van der Waals surface area contributed by atoms with Gasteiger partial charge in [0.15, 0.2) is 0 Å². The fourth-order valence-electron chi connectivity index (χ4n) is 1.33. The van der Waals surface area contributed by atoms with Crippen molar-refractivity contribution in [3.05, 3.63) is 28.6 Å². The van der Waals surface area contributed by atoms with E-state index < -0.39 is 48.3 Å². The number of aliphatic hydroxyl groups excluding tert-OH is 1. The summed E-state index contributed by atoms with van der Waals surface area (Å²) in [6.07, 6.45) is -7.81. The molecule has 3 nitrogen and oxygen atoms in total. The zero-order valence-corrected chi connectivity index (χ0v) is 8.43. The van der Waals surface area contributed by atoms with Gasteiger partial charge in [0, 0.05) is 12.1 Å². The molecule has 0 bridgehead atoms. The topological polar surface area (TPSA) is 59.1 Å². The van der Waals surface area contributed by atoms with Crippen LogP contribution in [0.5, 0.6) is 0 Å². The standard InChI is InChI=1S/C9H9F5N2O/c10-8(11)5-1-4(2-15)7(9(12,13)14)16-6(5)3-17/h1,8,17H,2-3,15H2. The first kappa shape index (κ1) is 13.8. The van der Waals surface area contributed by atoms with Gasteiger partial charge in [-0.05, 0) is 11.6 Å². The van der Waals surface area contributed by atoms with Crippen LogP contribution in [-0.2, 0) is 19.3 Å². The Hall–Kier alpha value is -1.28. The van der Waals surface area contributed by atoms with Gasteiger partial charge in [0.1, 0.15) is 5.69 Å². The number of hydrogen-bond acceptors (Lipinski definition) is 3. The first-order chi connectivity index (χ1) is 7.81. The summed E-state index contributed by atoms with van der Waals surface area (Å²) in [6.45, 7) is -1.55. The highest BCUT2D eigenvalue weighted by Crippen LogP contribution is 2.33. The third-order valence-electron chi connectivity index (χ3n) is 2.09. The third kappa shape index (κ3) is 2.89. The van der Waals surface area contributed by atoms with Crippen LogP contribution in [0.15, 0.2) is 6.07 Å². The van der Waals surface area contributed by atoms with Crippen molar-refractivity contribution in [1.29, 1.82) is 0 Å². The van der Waals surface area contributed by atoms with Crippen molar-refractivity contribution < 1.29 is 27.1 Å². The molecular formula is C9H9F5N2O. The zero-order chi connectivity index (χ0) is 13.2. The van der Waals surface area contributed by atoms with Crippen molar-refractivity contribution in [2.45, 2.75) is 25.8 Å². The van der Waals surface area contributed by atoms with Crippen LogP contribution in [0.3, 0.4) is 0 Å². The summed E-state index contributed by atoms with van der Waals surface area (Å²) in [5.41, 5.74) is 1.77. The van der Waals surface area contributed by atoms with E-state index in [4.69, 9.17) is 10.8 Å². The lowest BCUT2D eigenvalue weighted by Gasteiger charge is -2.15. The third-order valence-corrected chi connectivity index (χ3v) is 2.09. The van der Waals surface area contributed by atoms with Crippen molar-refractivity contribution >= 4 is 0 Å². The van der Waals surface area contributed by atoms with E-state index in [-0.39, 0.29) is 0 Å². The molecule has 96 valence electrons. The van der Waals surface area contributed by atoms with Crippen LogP contribution in [0, 0.1) is 0 Å². The molecule has 0 aromatic carbocycles. The summed E-state index contributed by atoms with van der Waals surface area (Å²) < 4.78 is 62.5. The molecule has 0 amide bonds. The molecule has 0 radical (unpaired) electrons. The SMILES string of the molecule is NCc1cc(C(F)F)c(CO)nc1C(F)(F)F. The Balaban J connectivity index is 3.44. The van der Waals surface area contributed by atoms with Crippen molar-refractivity contribution in [2.24, 2.45) is 5.73 Å². The Kier molecular flexibility index (Phi) is 3.99. The molecule has 0 saturated heterocycles. The Bertz CT molecular complexity index is 405. The highest BCUT2D eigenvalue weighted by atomic mass is 19.4. The van der Waals surface area contributed by atoms with Gasteiger partial charge >= 0.3 is 6.18 Å². The molecule has 0 spiro atoms. The van der Waals surface area contributed by atoms with Crippen LogP contribution in [0.4, 0.5) is 22.0 Å². The molecule has 17 heavy (non-hydrogen) atoms. The quantitative estimate of drug-likeness (QED) is 0.813. The van der Waals surface area contributed by atoms with Crippen LogP contribution in [0.1, 0.15) is 28.9 Å². The van der Waals surface area contributed by atoms with Gasteiger partial charge in [-0.25, -0.2) is 13.8 Å². The Morgan fingerprint density at radius 2 is 1.94 bits per heavy atom. The molecule has 1 aromatic heterocycles. The minimum Gasteiger partial charge on any atom is -0.390 e. The number of nitrogens with zero attached hydrogens (tertiary/aromatic N) is 1. The summed E-state index contributed by atoms with van der Waals surface area (Å²) in [7, 11) is 0. The Labute approximate surface area is 93.1 Å². The van der Waals surface area contributed by atoms with Gasteiger partial charge in [0.05, 0.1) is 12.3 Å². The number of rotatable bonds is 3. The van der Waals surface area contributed by atoms with Gasteiger partial charge in [-0.15, -0.1) is 0 Å². The summed E-state index contributed by atoms with van der Waals surface area (Å²) in [4.78, 5) is 3.02. The van der Waals surface area contributed by atoms with Crippen LogP contribution >= 0.6 is 0 Å². The number of aromatic nitrogens is 1. The summed E-state index contributed by atoms with van der Waals surface area (Å²) in [5.74, 6) is 0. The van der Waals surface area contributed by atoms with E-state index in [2.05, 4.69) is 4.98 Å². The molecule has 0 unspecified atom stereocenters. The molecule has 1 rings (SSSR count). The Morgan fingerprint density at radius 3 is 2.29 bits per heavy atom. The lowest BCUT2D eigenvalue weighted by molar-refractivity contribution is -0.142. The van der Waals surface area contributed by atoms with Crippen LogP contribution in [0.2, 0.25) is 0 Å². The summed E-state index contributed by atoms with van der Waals surface area (Å²) in [5, 5.41) is 8.73. The van der Waals surface area contributed by atoms with Gasteiger partial charge in [0.2, 0.25) is 0 Å². The fraction of sp³-hybridized carbons (Fsp3) is 0.444. The molecule has 0 saturated carbocycles. The predicted octanol–water partition coefficient (Wildman–Crippen LogP) is 1.99. The molecule has 8 heteroatoms. The van der Waals surface area contributed by atoms with Gasteiger partial charge in [-0.2, -0.15) is 13.2 Å². The highest BCUT2D eigenvalue weighted by Gasteiger charge is 2.36. The van der Waals surface area contributed by atoms with E-state index in [9.17, 15) is 22.0 Å². The van der Waals surface area contributed by atoms with Crippen LogP contribution in [0.25, 0.3) is 0 Å². The smallest absolute Gasteiger partial charge is 0.390 e. The van der Waals surface area contributed by atoms with E-state index in [1.807, 2.05) is 0 Å². The lowest BCUT2D eigenvalue weighted by atomic mass is 10.1. The maximum Gasteiger partial charge on any atom is 0.433 e. The van der Waals surface area contributed by atoms with E-state index in [1.54, 1.807) is 0 Å². The first-order valence-corrected chi connectivity index (χ1v) is 4.50. The number of halogens is 5. The second-order valence-corrected chi connectivity index (χ2v) is 3.19. The minimum atomic E-state index is -4.79. The molecule has 1 heterocycles. The van der Waals surface area contributed by atoms with E-state index in [0.29, 0.717) is 6.07 Å². The normalized spacial score (nSPS) is 12.2. The minimum absolute atomic E-state index is 0.523. The van der Waals surface area contributed by atoms with E-state index in [1.165, 1.54) is 0 Å². The molecule has 1 aromatic rings. The van der Waals surface area contributed by atoms with Crippen LogP contribution in [-0.4, -0.2) is 10.1 Å². The Morgan fingerprint density at radius 1 is 1.35 bits per heavy atom. The largest absolute Gasteiger partial charge is 0.433 e. The molecule has 3 N–H and O–H groups in total. The van der Waals surface area contributed by atoms with Crippen molar-refractivity contribution in [2.75, 3.05) is 0 Å². The summed E-state index contributed by atoms with van der Waals surface area (Å²) in [6, 6.07) is 0.631. The van der Waals surface area contributed by atoms with E-state index in [0.717, 1.165) is 0 Å². The van der Waals surface area contributed by atoms with Gasteiger partial charge < -0.3 is 10.8 Å². The van der Waals surface area contributed by atoms with Crippen LogP contribution < -0.4 is 5.73 Å². The number of hydrogen-bond donors (Lipinski definition) is 2. The molecule has 0 aliphatic carbocycles. The fourth-order valence-corrected chi connectivity index (χ4v) is 1.33. The van der Waals surface area contributed by atoms with Gasteiger partial charge in [0.25, 0.3) is 6.43 Å². The van der Waals surface area contributed by atoms with Gasteiger partial charge in [-0.1, -0.05) is 0 Å². The maximum absolute atomic E-state index is 12.5. The number of nitrogens with two attached hydrogens (primary N) is 1. The lowest BCUT2D eigenvalue weighted by Crippen LogP contribution is -2.17. The average molecular weight is 256 g/mol. The average Bonchev–Trinajstić information content (AvgIpc) is 2.25. The van der Waals surface area contributed by atoms with Crippen molar-refractivity contribution in [3.63, 3.8) is 0 Å². The first-order valence-electron chi connectivity index (χ1n) is 4.50. The zero-order valence-electron chi connectivity index (χ0n) is 8.43. The molecule has 0 aliphatic heterocycles. The highest BCUT2D eigenvalue weighted by molar-refractivity contribution is 5.32. The molecule has 0 atom stereocenters. The van der Waals surface area contributed by atoms with Gasteiger partial charge in [-0.3, -0.25) is 0 Å². The molecule has 0 aliphatic rings. The maximum atomic E-state index is 12.5. The number of pyridine rings is 1. The second kappa shape index (κ2) is 4.92. The molecular weight excluding hydrogens is 247 g/mol. The number of alkyl halides is 5. The second-order valence-electron chi connectivity index (χ2n) is 3.19. The molecule has 0 fully saturated rings. The predicted molar refractivity (Wildman–Crippen MR) is 48.0 cm³/mol. The van der Waals surface area contributed by atoms with E-state index >= 15 is 0 Å². The summed E-state index contributed by atoms with van der Waals surface area (Å²) >= 11 is 0. The van der Waals surface area contributed by atoms with Crippen molar-refractivity contribution in [3.8, 4) is 0 Å². The monoisotopic (exact) mass is 256 g/mol. The van der Waals surface area contributed by atoms with Crippen molar-refractivity contribution in [1.82, 2.24) is 4.98 Å².